The van der Waals surface area contributed by atoms with Gasteiger partial charge in [0.2, 0.25) is 0 Å². The van der Waals surface area contributed by atoms with Crippen LogP contribution in [0.15, 0.2) is 36.4 Å². The average molecular weight is 453 g/mol. The molecule has 1 aliphatic heterocycles. The Balaban J connectivity index is 0.00000210. The molecule has 1 aliphatic rings. The van der Waals surface area contributed by atoms with Gasteiger partial charge in [0.25, 0.3) is 0 Å². The third-order valence-electron chi connectivity index (χ3n) is 4.80. The summed E-state index contributed by atoms with van der Waals surface area (Å²) in [5.41, 5.74) is 3.86. The Kier molecular flexibility index (Phi) is 9.09. The molecule has 0 bridgehead atoms. The highest BCUT2D eigenvalue weighted by atomic mass is 35.5. The minimum absolute atomic E-state index is 0. The van der Waals surface area contributed by atoms with Crippen LogP contribution in [0.2, 0.25) is 0 Å². The summed E-state index contributed by atoms with van der Waals surface area (Å²) in [4.78, 5) is 2.31. The second-order valence-corrected chi connectivity index (χ2v) is 6.80. The van der Waals surface area contributed by atoms with Crippen molar-refractivity contribution in [2.75, 3.05) is 26.2 Å². The standard InChI is InChI=1S/C20H23F3N2O2.2ClH/c1-13-11-16(26)12-14(2)18(13)19(25-9-7-24-8-10-25)15-3-5-17(6-4-15)27-20(21,22)23;;/h3-6,11-12,19,24,26H,7-10H2,1-2H3;2*1H/t19-;;/m1../s1. The van der Waals surface area contributed by atoms with Crippen molar-refractivity contribution in [2.24, 2.45) is 0 Å². The van der Waals surface area contributed by atoms with Crippen LogP contribution in [0.25, 0.3) is 0 Å². The molecule has 1 fully saturated rings. The van der Waals surface area contributed by atoms with Crippen molar-refractivity contribution in [1.29, 1.82) is 0 Å². The van der Waals surface area contributed by atoms with E-state index in [1.165, 1.54) is 12.1 Å². The summed E-state index contributed by atoms with van der Waals surface area (Å²) in [7, 11) is 0. The number of benzene rings is 2. The second kappa shape index (κ2) is 10.4. The van der Waals surface area contributed by atoms with Gasteiger partial charge in [-0.1, -0.05) is 12.1 Å². The number of nitrogens with zero attached hydrogens (tertiary/aromatic N) is 1. The Morgan fingerprint density at radius 2 is 1.52 bits per heavy atom. The van der Waals surface area contributed by atoms with Gasteiger partial charge in [0.1, 0.15) is 11.5 Å². The van der Waals surface area contributed by atoms with Gasteiger partial charge in [-0.3, -0.25) is 4.90 Å². The van der Waals surface area contributed by atoms with Gasteiger partial charge in [-0.2, -0.15) is 0 Å². The molecule has 0 spiro atoms. The van der Waals surface area contributed by atoms with Crippen LogP contribution in [-0.4, -0.2) is 42.5 Å². The highest BCUT2D eigenvalue weighted by Gasteiger charge is 2.31. The maximum absolute atomic E-state index is 12.4. The molecule has 1 heterocycles. The van der Waals surface area contributed by atoms with Gasteiger partial charge in [0, 0.05) is 26.2 Å². The zero-order valence-electron chi connectivity index (χ0n) is 16.1. The maximum Gasteiger partial charge on any atom is 0.573 e. The molecule has 0 saturated carbocycles. The summed E-state index contributed by atoms with van der Waals surface area (Å²) >= 11 is 0. The zero-order valence-corrected chi connectivity index (χ0v) is 17.8. The predicted molar refractivity (Wildman–Crippen MR) is 111 cm³/mol. The van der Waals surface area contributed by atoms with Crippen molar-refractivity contribution < 1.29 is 23.0 Å². The van der Waals surface area contributed by atoms with E-state index < -0.39 is 6.36 Å². The van der Waals surface area contributed by atoms with Crippen LogP contribution in [0.5, 0.6) is 11.5 Å². The van der Waals surface area contributed by atoms with E-state index in [2.05, 4.69) is 15.0 Å². The number of aryl methyl sites for hydroxylation is 2. The number of halogens is 5. The van der Waals surface area contributed by atoms with Crippen molar-refractivity contribution in [2.45, 2.75) is 26.3 Å². The van der Waals surface area contributed by atoms with E-state index >= 15 is 0 Å². The van der Waals surface area contributed by atoms with Gasteiger partial charge in [0.15, 0.2) is 0 Å². The smallest absolute Gasteiger partial charge is 0.508 e. The van der Waals surface area contributed by atoms with E-state index in [0.29, 0.717) is 0 Å². The number of aromatic hydroxyl groups is 1. The van der Waals surface area contributed by atoms with E-state index in [-0.39, 0.29) is 42.4 Å². The molecule has 29 heavy (non-hydrogen) atoms. The number of ether oxygens (including phenoxy) is 1. The summed E-state index contributed by atoms with van der Waals surface area (Å²) in [5.74, 6) is -0.0220. The highest BCUT2D eigenvalue weighted by molar-refractivity contribution is 5.85. The first kappa shape index (κ1) is 25.4. The van der Waals surface area contributed by atoms with Gasteiger partial charge >= 0.3 is 6.36 Å². The lowest BCUT2D eigenvalue weighted by molar-refractivity contribution is -0.274. The summed E-state index contributed by atoms with van der Waals surface area (Å²) < 4.78 is 41.3. The number of alkyl halides is 3. The monoisotopic (exact) mass is 452 g/mol. The topological polar surface area (TPSA) is 44.7 Å². The van der Waals surface area contributed by atoms with E-state index in [1.54, 1.807) is 24.3 Å². The average Bonchev–Trinajstić information content (AvgIpc) is 2.58. The molecule has 0 unspecified atom stereocenters. The fraction of sp³-hybridized carbons (Fsp3) is 0.400. The number of rotatable bonds is 4. The van der Waals surface area contributed by atoms with Gasteiger partial charge in [-0.25, -0.2) is 0 Å². The third kappa shape index (κ3) is 6.40. The van der Waals surface area contributed by atoms with Crippen LogP contribution in [0.4, 0.5) is 13.2 Å². The Bertz CT molecular complexity index is 772. The fourth-order valence-electron chi connectivity index (χ4n) is 3.74. The Morgan fingerprint density at radius 3 is 2.00 bits per heavy atom. The fourth-order valence-corrected chi connectivity index (χ4v) is 3.74. The largest absolute Gasteiger partial charge is 0.573 e. The third-order valence-corrected chi connectivity index (χ3v) is 4.80. The van der Waals surface area contributed by atoms with Crippen LogP contribution in [0.1, 0.15) is 28.3 Å². The van der Waals surface area contributed by atoms with Gasteiger partial charge in [-0.15, -0.1) is 38.0 Å². The minimum Gasteiger partial charge on any atom is -0.508 e. The lowest BCUT2D eigenvalue weighted by Gasteiger charge is -2.37. The number of piperazine rings is 1. The van der Waals surface area contributed by atoms with Crippen LogP contribution in [0, 0.1) is 13.8 Å². The van der Waals surface area contributed by atoms with Gasteiger partial charge in [0.05, 0.1) is 6.04 Å². The van der Waals surface area contributed by atoms with Crippen molar-refractivity contribution in [3.05, 3.63) is 58.7 Å². The number of nitrogens with one attached hydrogen (secondary N) is 1. The molecule has 2 aromatic carbocycles. The lowest BCUT2D eigenvalue weighted by Crippen LogP contribution is -2.45. The predicted octanol–water partition coefficient (Wildman–Crippen LogP) is 4.75. The quantitative estimate of drug-likeness (QED) is 0.702. The normalized spacial score (nSPS) is 15.8. The van der Waals surface area contributed by atoms with E-state index in [9.17, 15) is 18.3 Å². The molecule has 0 amide bonds. The Morgan fingerprint density at radius 1 is 1.00 bits per heavy atom. The summed E-state index contributed by atoms with van der Waals surface area (Å²) in [6, 6.07) is 9.40. The zero-order chi connectivity index (χ0) is 19.6. The van der Waals surface area contributed by atoms with Crippen molar-refractivity contribution in [3.8, 4) is 11.5 Å². The maximum atomic E-state index is 12.4. The van der Waals surface area contributed by atoms with Crippen LogP contribution >= 0.6 is 24.8 Å². The Hall–Kier alpha value is -1.67. The van der Waals surface area contributed by atoms with Crippen LogP contribution in [-0.2, 0) is 0 Å². The molecular formula is C20H25Cl2F3N2O2. The lowest BCUT2D eigenvalue weighted by atomic mass is 9.89. The first-order chi connectivity index (χ1) is 12.7. The molecule has 162 valence electrons. The summed E-state index contributed by atoms with van der Waals surface area (Å²) in [6.45, 7) is 7.23. The first-order valence-electron chi connectivity index (χ1n) is 8.85. The molecule has 9 heteroatoms. The molecule has 0 aromatic heterocycles. The highest BCUT2D eigenvalue weighted by Crippen LogP contribution is 2.36. The molecule has 0 radical (unpaired) electrons. The summed E-state index contributed by atoms with van der Waals surface area (Å²) in [5, 5.41) is 13.2. The molecule has 2 aromatic rings. The number of hydrogen-bond donors (Lipinski definition) is 2. The molecule has 1 atom stereocenters. The second-order valence-electron chi connectivity index (χ2n) is 6.80. The SMILES string of the molecule is Cc1cc(O)cc(C)c1[C@@H](c1ccc(OC(F)(F)F)cc1)N1CCNCC1.Cl.Cl. The molecule has 0 aliphatic carbocycles. The molecule has 1 saturated heterocycles. The Labute approximate surface area is 180 Å². The first-order valence-corrected chi connectivity index (χ1v) is 8.85. The number of phenols is 1. The van der Waals surface area contributed by atoms with Crippen LogP contribution < -0.4 is 10.1 Å². The van der Waals surface area contributed by atoms with E-state index in [1.807, 2.05) is 13.8 Å². The summed E-state index contributed by atoms with van der Waals surface area (Å²) in [6.07, 6.45) is -4.70. The van der Waals surface area contributed by atoms with Crippen molar-refractivity contribution in [3.63, 3.8) is 0 Å². The molecule has 4 nitrogen and oxygen atoms in total. The minimum atomic E-state index is -4.70. The molecular weight excluding hydrogens is 428 g/mol. The number of hydrogen-bond acceptors (Lipinski definition) is 4. The van der Waals surface area contributed by atoms with Crippen molar-refractivity contribution >= 4 is 24.8 Å². The van der Waals surface area contributed by atoms with E-state index in [0.717, 1.165) is 48.4 Å². The van der Waals surface area contributed by atoms with Gasteiger partial charge < -0.3 is 15.2 Å². The molecule has 3 rings (SSSR count). The van der Waals surface area contributed by atoms with E-state index in [4.69, 9.17) is 0 Å². The van der Waals surface area contributed by atoms with Gasteiger partial charge in [-0.05, 0) is 60.4 Å². The molecule has 2 N–H and O–H groups in total. The number of phenolic OH excluding ortho intramolecular Hbond substituents is 1. The van der Waals surface area contributed by atoms with Crippen LogP contribution in [0.3, 0.4) is 0 Å². The van der Waals surface area contributed by atoms with Crippen molar-refractivity contribution in [1.82, 2.24) is 10.2 Å².